The lowest BCUT2D eigenvalue weighted by Gasteiger charge is -2.09. The summed E-state index contributed by atoms with van der Waals surface area (Å²) in [6.45, 7) is 2.77. The molecule has 0 aliphatic heterocycles. The van der Waals surface area contributed by atoms with E-state index in [-0.39, 0.29) is 0 Å². The highest BCUT2D eigenvalue weighted by atomic mass is 79.9. The molecule has 1 N–H and O–H groups in total. The van der Waals surface area contributed by atoms with Gasteiger partial charge in [0.15, 0.2) is 0 Å². The summed E-state index contributed by atoms with van der Waals surface area (Å²) in [4.78, 5) is 0. The van der Waals surface area contributed by atoms with Crippen LogP contribution in [0.2, 0.25) is 5.02 Å². The Morgan fingerprint density at radius 1 is 1.37 bits per heavy atom. The van der Waals surface area contributed by atoms with Gasteiger partial charge in [0.05, 0.1) is 33.1 Å². The zero-order valence-corrected chi connectivity index (χ0v) is 14.6. The van der Waals surface area contributed by atoms with E-state index < -0.39 is 0 Å². The minimum absolute atomic E-state index is 0.672. The quantitative estimate of drug-likeness (QED) is 0.791. The summed E-state index contributed by atoms with van der Waals surface area (Å²) in [6.07, 6.45) is 0.910. The third-order valence-corrected chi connectivity index (χ3v) is 4.60. The van der Waals surface area contributed by atoms with Crippen LogP contribution in [-0.4, -0.2) is 9.78 Å². The number of anilines is 1. The number of aryl methyl sites for hydroxylation is 2. The molecule has 6 heteroatoms. The average Bonchev–Trinajstić information content (AvgIpc) is 2.64. The van der Waals surface area contributed by atoms with E-state index in [1.807, 2.05) is 29.9 Å². The minimum Gasteiger partial charge on any atom is -0.378 e. The largest absolute Gasteiger partial charge is 0.378 e. The van der Waals surface area contributed by atoms with E-state index >= 15 is 0 Å². The molecule has 1 aromatic heterocycles. The molecule has 2 rings (SSSR count). The zero-order chi connectivity index (χ0) is 14.0. The maximum atomic E-state index is 6.18. The second kappa shape index (κ2) is 6.29. The molecule has 0 atom stereocenters. The fraction of sp³-hybridized carbons (Fsp3) is 0.308. The summed E-state index contributed by atoms with van der Waals surface area (Å²) in [5.41, 5.74) is 3.09. The third kappa shape index (κ3) is 3.33. The fourth-order valence-electron chi connectivity index (χ4n) is 1.82. The summed E-state index contributed by atoms with van der Waals surface area (Å²) in [6, 6.07) is 5.79. The van der Waals surface area contributed by atoms with Crippen molar-refractivity contribution in [3.63, 3.8) is 0 Å². The highest BCUT2D eigenvalue weighted by molar-refractivity contribution is 9.10. The second-order valence-corrected chi connectivity index (χ2v) is 6.28. The van der Waals surface area contributed by atoms with Crippen LogP contribution in [0, 0.1) is 0 Å². The van der Waals surface area contributed by atoms with Crippen molar-refractivity contribution in [3.8, 4) is 0 Å². The van der Waals surface area contributed by atoms with Gasteiger partial charge in [0.2, 0.25) is 0 Å². The molecule has 0 saturated carbocycles. The van der Waals surface area contributed by atoms with Gasteiger partial charge in [-0.15, -0.1) is 0 Å². The lowest BCUT2D eigenvalue weighted by atomic mass is 10.3. The smallest absolute Gasteiger partial charge is 0.0767 e. The van der Waals surface area contributed by atoms with Crippen LogP contribution in [-0.2, 0) is 20.0 Å². The third-order valence-electron chi connectivity index (χ3n) is 2.88. The summed E-state index contributed by atoms with van der Waals surface area (Å²) >= 11 is 13.2. The lowest BCUT2D eigenvalue weighted by molar-refractivity contribution is 0.706. The number of rotatable bonds is 4. The molecule has 102 valence electrons. The molecule has 19 heavy (non-hydrogen) atoms. The summed E-state index contributed by atoms with van der Waals surface area (Å²) < 4.78 is 3.93. The van der Waals surface area contributed by atoms with Crippen molar-refractivity contribution in [1.29, 1.82) is 0 Å². The van der Waals surface area contributed by atoms with Gasteiger partial charge in [0.1, 0.15) is 0 Å². The summed E-state index contributed by atoms with van der Waals surface area (Å²) in [5.74, 6) is 0. The molecule has 0 amide bonds. The van der Waals surface area contributed by atoms with Gasteiger partial charge in [-0.2, -0.15) is 5.10 Å². The molecule has 0 fully saturated rings. The van der Waals surface area contributed by atoms with Crippen LogP contribution in [0.15, 0.2) is 27.1 Å². The summed E-state index contributed by atoms with van der Waals surface area (Å²) in [7, 11) is 1.95. The van der Waals surface area contributed by atoms with Gasteiger partial charge in [-0.3, -0.25) is 4.68 Å². The van der Waals surface area contributed by atoms with Gasteiger partial charge in [-0.25, -0.2) is 0 Å². The van der Waals surface area contributed by atoms with Crippen LogP contribution in [0.1, 0.15) is 18.3 Å². The highest BCUT2D eigenvalue weighted by Crippen LogP contribution is 2.27. The molecule has 0 radical (unpaired) electrons. The van der Waals surface area contributed by atoms with E-state index in [4.69, 9.17) is 11.6 Å². The van der Waals surface area contributed by atoms with Crippen molar-refractivity contribution in [2.45, 2.75) is 19.9 Å². The number of benzene rings is 1. The van der Waals surface area contributed by atoms with E-state index in [0.717, 1.165) is 32.4 Å². The number of aromatic nitrogens is 2. The monoisotopic (exact) mass is 405 g/mol. The Morgan fingerprint density at radius 2 is 2.11 bits per heavy atom. The molecule has 1 aromatic carbocycles. The van der Waals surface area contributed by atoms with Crippen LogP contribution in [0.3, 0.4) is 0 Å². The molecule has 3 nitrogen and oxygen atoms in total. The standard InChI is InChI=1S/C13H14Br2ClN3/c1-3-10-13(15)12(19(2)18-10)7-17-11-5-4-8(14)6-9(11)16/h4-6,17H,3,7H2,1-2H3. The molecule has 0 spiro atoms. The van der Waals surface area contributed by atoms with Gasteiger partial charge in [-0.05, 0) is 40.5 Å². The number of nitrogens with one attached hydrogen (secondary N) is 1. The van der Waals surface area contributed by atoms with E-state index in [9.17, 15) is 0 Å². The Kier molecular flexibility index (Phi) is 4.92. The molecule has 0 aliphatic rings. The predicted octanol–water partition coefficient (Wildman–Crippen LogP) is 4.77. The van der Waals surface area contributed by atoms with Crippen molar-refractivity contribution < 1.29 is 0 Å². The van der Waals surface area contributed by atoms with Crippen LogP contribution in [0.4, 0.5) is 5.69 Å². The summed E-state index contributed by atoms with van der Waals surface area (Å²) in [5, 5.41) is 8.50. The van der Waals surface area contributed by atoms with Gasteiger partial charge in [0, 0.05) is 11.5 Å². The number of halogens is 3. The molecule has 2 aromatic rings. The van der Waals surface area contributed by atoms with E-state index in [1.54, 1.807) is 0 Å². The molecule has 0 bridgehead atoms. The highest BCUT2D eigenvalue weighted by Gasteiger charge is 2.12. The van der Waals surface area contributed by atoms with Crippen molar-refractivity contribution in [2.75, 3.05) is 5.32 Å². The Labute approximate surface area is 134 Å². The molecule has 1 heterocycles. The van der Waals surface area contributed by atoms with Crippen LogP contribution in [0.5, 0.6) is 0 Å². The first-order valence-corrected chi connectivity index (χ1v) is 7.88. The average molecular weight is 408 g/mol. The first-order chi connectivity index (χ1) is 9.02. The van der Waals surface area contributed by atoms with E-state index in [1.165, 1.54) is 0 Å². The molecular weight excluding hydrogens is 393 g/mol. The number of hydrogen-bond donors (Lipinski definition) is 1. The van der Waals surface area contributed by atoms with Crippen molar-refractivity contribution in [3.05, 3.63) is 43.6 Å². The Morgan fingerprint density at radius 3 is 2.68 bits per heavy atom. The predicted molar refractivity (Wildman–Crippen MR) is 86.8 cm³/mol. The minimum atomic E-state index is 0.672. The van der Waals surface area contributed by atoms with Gasteiger partial charge < -0.3 is 5.32 Å². The number of nitrogens with zero attached hydrogens (tertiary/aromatic N) is 2. The molecule has 0 unspecified atom stereocenters. The van der Waals surface area contributed by atoms with E-state index in [2.05, 4.69) is 49.2 Å². The second-order valence-electron chi connectivity index (χ2n) is 4.16. The van der Waals surface area contributed by atoms with Crippen LogP contribution >= 0.6 is 43.5 Å². The Balaban J connectivity index is 2.16. The maximum Gasteiger partial charge on any atom is 0.0767 e. The first-order valence-electron chi connectivity index (χ1n) is 5.92. The van der Waals surface area contributed by atoms with Crippen molar-refractivity contribution in [1.82, 2.24) is 9.78 Å². The Hall–Kier alpha value is -0.520. The zero-order valence-electron chi connectivity index (χ0n) is 10.7. The van der Waals surface area contributed by atoms with E-state index in [0.29, 0.717) is 11.6 Å². The van der Waals surface area contributed by atoms with Crippen LogP contribution in [0.25, 0.3) is 0 Å². The lowest BCUT2D eigenvalue weighted by Crippen LogP contribution is -2.06. The fourth-order valence-corrected chi connectivity index (χ4v) is 3.32. The molecule has 0 aliphatic carbocycles. The van der Waals surface area contributed by atoms with Crippen LogP contribution < -0.4 is 5.32 Å². The first kappa shape index (κ1) is 14.9. The number of hydrogen-bond acceptors (Lipinski definition) is 2. The van der Waals surface area contributed by atoms with Crippen molar-refractivity contribution in [2.24, 2.45) is 7.05 Å². The molecular formula is C13H14Br2ClN3. The Bertz CT molecular complexity index is 596. The van der Waals surface area contributed by atoms with Gasteiger partial charge in [-0.1, -0.05) is 34.5 Å². The topological polar surface area (TPSA) is 29.9 Å². The van der Waals surface area contributed by atoms with Gasteiger partial charge >= 0.3 is 0 Å². The maximum absolute atomic E-state index is 6.18. The molecule has 0 saturated heterocycles. The van der Waals surface area contributed by atoms with Gasteiger partial charge in [0.25, 0.3) is 0 Å². The normalized spacial score (nSPS) is 10.8. The SMILES string of the molecule is CCc1nn(C)c(CNc2ccc(Br)cc2Cl)c1Br. The van der Waals surface area contributed by atoms with Crippen molar-refractivity contribution >= 4 is 49.1 Å².